The molecule has 4 nitrogen and oxygen atoms in total. The molecule has 0 aliphatic rings. The topological polar surface area (TPSA) is 68.0 Å². The number of hydrogen-bond donors (Lipinski definition) is 2. The zero-order valence-electron chi connectivity index (χ0n) is 12.2. The molecule has 0 fully saturated rings. The number of carbonyl (C=O) groups is 1. The number of aromatic nitrogens is 1. The molecule has 0 radical (unpaired) electrons. The monoisotopic (exact) mass is 323 g/mol. The predicted octanol–water partition coefficient (Wildman–Crippen LogP) is 4.24. The minimum atomic E-state index is -0.231. The van der Waals surface area contributed by atoms with Gasteiger partial charge in [0.05, 0.1) is 0 Å². The van der Waals surface area contributed by atoms with Crippen LogP contribution < -0.4 is 11.1 Å². The van der Waals surface area contributed by atoms with Crippen molar-refractivity contribution in [3.05, 3.63) is 77.4 Å². The fourth-order valence-corrected chi connectivity index (χ4v) is 2.27. The molecule has 0 atom stereocenters. The zero-order valence-corrected chi connectivity index (χ0v) is 12.9. The first-order valence-electron chi connectivity index (χ1n) is 7.01. The van der Waals surface area contributed by atoms with Crippen LogP contribution in [0.4, 0.5) is 11.5 Å². The number of nitrogens with zero attached hydrogens (tertiary/aromatic N) is 1. The standard InChI is InChI=1S/C18H14ClN3O/c19-15-5-1-12(2-6-15)14-9-10-21-17(11-14)22-18(23)13-3-7-16(20)8-4-13/h1-11H,20H2,(H,21,22,23). The second-order valence-electron chi connectivity index (χ2n) is 5.01. The van der Waals surface area contributed by atoms with Gasteiger partial charge in [-0.05, 0) is 59.7 Å². The number of anilines is 2. The Kier molecular flexibility index (Phi) is 4.26. The number of amides is 1. The Morgan fingerprint density at radius 3 is 2.35 bits per heavy atom. The Hall–Kier alpha value is -2.85. The summed E-state index contributed by atoms with van der Waals surface area (Å²) in [6.45, 7) is 0. The van der Waals surface area contributed by atoms with Crippen molar-refractivity contribution >= 4 is 29.0 Å². The van der Waals surface area contributed by atoms with E-state index in [1.54, 1.807) is 30.5 Å². The van der Waals surface area contributed by atoms with E-state index in [1.807, 2.05) is 36.4 Å². The Bertz CT molecular complexity index is 830. The average molecular weight is 324 g/mol. The first kappa shape index (κ1) is 15.1. The van der Waals surface area contributed by atoms with Gasteiger partial charge in [-0.2, -0.15) is 0 Å². The van der Waals surface area contributed by atoms with E-state index in [2.05, 4.69) is 10.3 Å². The van der Waals surface area contributed by atoms with Gasteiger partial charge < -0.3 is 11.1 Å². The molecule has 0 aliphatic heterocycles. The number of nitrogens with two attached hydrogens (primary N) is 1. The Morgan fingerprint density at radius 1 is 0.957 bits per heavy atom. The summed E-state index contributed by atoms with van der Waals surface area (Å²) in [6.07, 6.45) is 1.66. The molecule has 3 N–H and O–H groups in total. The lowest BCUT2D eigenvalue weighted by Gasteiger charge is -2.07. The van der Waals surface area contributed by atoms with E-state index in [9.17, 15) is 4.79 Å². The summed E-state index contributed by atoms with van der Waals surface area (Å²) in [5.74, 6) is 0.255. The average Bonchev–Trinajstić information content (AvgIpc) is 2.56. The maximum atomic E-state index is 12.2. The van der Waals surface area contributed by atoms with Gasteiger partial charge in [0.25, 0.3) is 5.91 Å². The van der Waals surface area contributed by atoms with E-state index in [0.29, 0.717) is 22.1 Å². The second-order valence-corrected chi connectivity index (χ2v) is 5.45. The molecular formula is C18H14ClN3O. The molecule has 23 heavy (non-hydrogen) atoms. The minimum absolute atomic E-state index is 0.231. The highest BCUT2D eigenvalue weighted by Gasteiger charge is 2.07. The van der Waals surface area contributed by atoms with Crippen molar-refractivity contribution in [2.75, 3.05) is 11.1 Å². The van der Waals surface area contributed by atoms with Gasteiger partial charge in [0.1, 0.15) is 5.82 Å². The molecule has 5 heteroatoms. The molecule has 114 valence electrons. The van der Waals surface area contributed by atoms with Crippen molar-refractivity contribution in [2.45, 2.75) is 0 Å². The number of pyridine rings is 1. The van der Waals surface area contributed by atoms with Crippen LogP contribution in [0.2, 0.25) is 5.02 Å². The highest BCUT2D eigenvalue weighted by molar-refractivity contribution is 6.30. The summed E-state index contributed by atoms with van der Waals surface area (Å²) in [7, 11) is 0. The maximum Gasteiger partial charge on any atom is 0.256 e. The van der Waals surface area contributed by atoms with Gasteiger partial charge in [0.15, 0.2) is 0 Å². The van der Waals surface area contributed by atoms with Crippen LogP contribution in [0.25, 0.3) is 11.1 Å². The first-order chi connectivity index (χ1) is 11.1. The van der Waals surface area contributed by atoms with E-state index >= 15 is 0 Å². The molecular weight excluding hydrogens is 310 g/mol. The molecule has 0 aliphatic carbocycles. The van der Waals surface area contributed by atoms with Crippen molar-refractivity contribution in [3.63, 3.8) is 0 Å². The van der Waals surface area contributed by atoms with E-state index in [4.69, 9.17) is 17.3 Å². The summed E-state index contributed by atoms with van der Waals surface area (Å²) in [5, 5.41) is 3.46. The minimum Gasteiger partial charge on any atom is -0.399 e. The molecule has 0 spiro atoms. The van der Waals surface area contributed by atoms with Crippen molar-refractivity contribution < 1.29 is 4.79 Å². The fourth-order valence-electron chi connectivity index (χ4n) is 2.14. The van der Waals surface area contributed by atoms with Gasteiger partial charge in [0.2, 0.25) is 0 Å². The molecule has 3 rings (SSSR count). The third-order valence-corrected chi connectivity index (χ3v) is 3.60. The third kappa shape index (κ3) is 3.67. The van der Waals surface area contributed by atoms with E-state index in [-0.39, 0.29) is 5.91 Å². The maximum absolute atomic E-state index is 12.2. The zero-order chi connectivity index (χ0) is 16.2. The van der Waals surface area contributed by atoms with Crippen molar-refractivity contribution in [3.8, 4) is 11.1 Å². The van der Waals surface area contributed by atoms with Crippen LogP contribution in [0.3, 0.4) is 0 Å². The SMILES string of the molecule is Nc1ccc(C(=O)Nc2cc(-c3ccc(Cl)cc3)ccn2)cc1. The van der Waals surface area contributed by atoms with Crippen LogP contribution in [0.15, 0.2) is 66.9 Å². The van der Waals surface area contributed by atoms with Crippen molar-refractivity contribution in [2.24, 2.45) is 0 Å². The number of halogens is 1. The van der Waals surface area contributed by atoms with Crippen molar-refractivity contribution in [1.82, 2.24) is 4.98 Å². The van der Waals surface area contributed by atoms with E-state index in [0.717, 1.165) is 11.1 Å². The van der Waals surface area contributed by atoms with E-state index in [1.165, 1.54) is 0 Å². The summed E-state index contributed by atoms with van der Waals surface area (Å²) in [5.41, 5.74) is 8.71. The lowest BCUT2D eigenvalue weighted by Crippen LogP contribution is -2.12. The van der Waals surface area contributed by atoms with Gasteiger partial charge in [-0.25, -0.2) is 4.98 Å². The van der Waals surface area contributed by atoms with Crippen LogP contribution in [0.1, 0.15) is 10.4 Å². The third-order valence-electron chi connectivity index (χ3n) is 3.35. The Labute approximate surface area is 138 Å². The number of nitrogens with one attached hydrogen (secondary N) is 1. The van der Waals surface area contributed by atoms with Gasteiger partial charge in [-0.15, -0.1) is 0 Å². The molecule has 0 unspecified atom stereocenters. The normalized spacial score (nSPS) is 10.3. The van der Waals surface area contributed by atoms with Crippen LogP contribution in [0.5, 0.6) is 0 Å². The van der Waals surface area contributed by atoms with E-state index < -0.39 is 0 Å². The molecule has 0 saturated carbocycles. The largest absolute Gasteiger partial charge is 0.399 e. The van der Waals surface area contributed by atoms with Crippen LogP contribution in [-0.4, -0.2) is 10.9 Å². The lowest BCUT2D eigenvalue weighted by molar-refractivity contribution is 0.102. The van der Waals surface area contributed by atoms with Gasteiger partial charge >= 0.3 is 0 Å². The Morgan fingerprint density at radius 2 is 1.65 bits per heavy atom. The molecule has 3 aromatic rings. The number of rotatable bonds is 3. The van der Waals surface area contributed by atoms with Crippen LogP contribution >= 0.6 is 11.6 Å². The van der Waals surface area contributed by atoms with Gasteiger partial charge in [-0.1, -0.05) is 23.7 Å². The summed E-state index contributed by atoms with van der Waals surface area (Å²) in [6, 6.07) is 17.9. The Balaban J connectivity index is 1.81. The first-order valence-corrected chi connectivity index (χ1v) is 7.38. The molecule has 2 aromatic carbocycles. The molecule has 1 amide bonds. The number of carbonyl (C=O) groups excluding carboxylic acids is 1. The van der Waals surface area contributed by atoms with Crippen LogP contribution in [-0.2, 0) is 0 Å². The number of hydrogen-bond acceptors (Lipinski definition) is 3. The summed E-state index contributed by atoms with van der Waals surface area (Å²) < 4.78 is 0. The van der Waals surface area contributed by atoms with Gasteiger partial charge in [0, 0.05) is 22.5 Å². The van der Waals surface area contributed by atoms with Crippen molar-refractivity contribution in [1.29, 1.82) is 0 Å². The number of benzene rings is 2. The summed E-state index contributed by atoms with van der Waals surface area (Å²) in [4.78, 5) is 16.4. The molecule has 1 heterocycles. The molecule has 0 bridgehead atoms. The summed E-state index contributed by atoms with van der Waals surface area (Å²) >= 11 is 5.90. The highest BCUT2D eigenvalue weighted by atomic mass is 35.5. The quantitative estimate of drug-likeness (QED) is 0.708. The molecule has 0 saturated heterocycles. The van der Waals surface area contributed by atoms with Crippen LogP contribution in [0, 0.1) is 0 Å². The lowest BCUT2D eigenvalue weighted by atomic mass is 10.1. The fraction of sp³-hybridized carbons (Fsp3) is 0. The second kappa shape index (κ2) is 6.50. The van der Waals surface area contributed by atoms with Gasteiger partial charge in [-0.3, -0.25) is 4.79 Å². The predicted molar refractivity (Wildman–Crippen MR) is 93.5 cm³/mol. The smallest absolute Gasteiger partial charge is 0.256 e. The number of nitrogen functional groups attached to an aromatic ring is 1. The molecule has 1 aromatic heterocycles. The highest BCUT2D eigenvalue weighted by Crippen LogP contribution is 2.23.